The zero-order chi connectivity index (χ0) is 21.0. The maximum atomic E-state index is 12.5. The van der Waals surface area contributed by atoms with E-state index >= 15 is 0 Å². The molecule has 0 radical (unpaired) electrons. The zero-order valence-electron chi connectivity index (χ0n) is 17.1. The van der Waals surface area contributed by atoms with Gasteiger partial charge in [0.2, 0.25) is 0 Å². The first-order chi connectivity index (χ1) is 12.7. The van der Waals surface area contributed by atoms with E-state index in [0.717, 1.165) is 0 Å². The van der Waals surface area contributed by atoms with Gasteiger partial charge in [0.1, 0.15) is 0 Å². The standard InChI is InChI=1S/C19H32O8/c1-7-24-16(20)14(17(21)25-8-2)13(11-12(5)6)15(18(22)26-9-3)19(23)27-10-4/h12-15H,7-11H2,1-6H3. The number of esters is 4. The highest BCUT2D eigenvalue weighted by molar-refractivity contribution is 6.00. The van der Waals surface area contributed by atoms with E-state index in [1.807, 2.05) is 13.8 Å². The van der Waals surface area contributed by atoms with E-state index in [-0.39, 0.29) is 38.8 Å². The van der Waals surface area contributed by atoms with Crippen LogP contribution in [0, 0.1) is 23.7 Å². The van der Waals surface area contributed by atoms with Crippen molar-refractivity contribution in [3.8, 4) is 0 Å². The number of carbonyl (C=O) groups excluding carboxylic acids is 4. The fourth-order valence-electron chi connectivity index (χ4n) is 2.83. The summed E-state index contributed by atoms with van der Waals surface area (Å²) in [4.78, 5) is 50.1. The summed E-state index contributed by atoms with van der Waals surface area (Å²) in [5.74, 6) is -7.20. The second-order valence-corrected chi connectivity index (χ2v) is 6.26. The molecule has 0 aliphatic carbocycles. The first-order valence-electron chi connectivity index (χ1n) is 9.41. The van der Waals surface area contributed by atoms with Crippen LogP contribution in [0.4, 0.5) is 0 Å². The van der Waals surface area contributed by atoms with Crippen molar-refractivity contribution in [2.24, 2.45) is 23.7 Å². The number of rotatable bonds is 12. The largest absolute Gasteiger partial charge is 0.465 e. The molecule has 0 amide bonds. The van der Waals surface area contributed by atoms with Crippen LogP contribution in [-0.2, 0) is 38.1 Å². The maximum Gasteiger partial charge on any atom is 0.320 e. The van der Waals surface area contributed by atoms with Crippen LogP contribution in [0.25, 0.3) is 0 Å². The van der Waals surface area contributed by atoms with Crippen LogP contribution >= 0.6 is 0 Å². The molecule has 0 atom stereocenters. The fraction of sp³-hybridized carbons (Fsp3) is 0.789. The van der Waals surface area contributed by atoms with Crippen LogP contribution in [0.3, 0.4) is 0 Å². The van der Waals surface area contributed by atoms with Crippen molar-refractivity contribution < 1.29 is 38.1 Å². The van der Waals surface area contributed by atoms with E-state index in [4.69, 9.17) is 18.9 Å². The van der Waals surface area contributed by atoms with E-state index in [1.165, 1.54) is 0 Å². The zero-order valence-corrected chi connectivity index (χ0v) is 17.1. The molecule has 8 heteroatoms. The predicted molar refractivity (Wildman–Crippen MR) is 96.5 cm³/mol. The Morgan fingerprint density at radius 2 is 0.852 bits per heavy atom. The second-order valence-electron chi connectivity index (χ2n) is 6.26. The normalized spacial score (nSPS) is 11.0. The Bertz CT molecular complexity index is 424. The molecule has 0 aromatic rings. The molecule has 27 heavy (non-hydrogen) atoms. The van der Waals surface area contributed by atoms with Crippen LogP contribution in [0.2, 0.25) is 0 Å². The maximum absolute atomic E-state index is 12.5. The van der Waals surface area contributed by atoms with Gasteiger partial charge in [0.25, 0.3) is 0 Å². The Kier molecular flexibility index (Phi) is 12.1. The lowest BCUT2D eigenvalue weighted by Crippen LogP contribution is -2.45. The SMILES string of the molecule is CCOC(=O)C(C(=O)OCC)C(CC(C)C)C(C(=O)OCC)C(=O)OCC. The molecule has 0 bridgehead atoms. The van der Waals surface area contributed by atoms with Crippen molar-refractivity contribution in [2.45, 2.75) is 48.0 Å². The quantitative estimate of drug-likeness (QED) is 0.284. The highest BCUT2D eigenvalue weighted by Crippen LogP contribution is 2.32. The van der Waals surface area contributed by atoms with Crippen molar-refractivity contribution >= 4 is 23.9 Å². The lowest BCUT2D eigenvalue weighted by molar-refractivity contribution is -0.173. The first-order valence-corrected chi connectivity index (χ1v) is 9.41. The summed E-state index contributed by atoms with van der Waals surface area (Å²) in [6.45, 7) is 10.3. The third-order valence-electron chi connectivity index (χ3n) is 3.76. The van der Waals surface area contributed by atoms with Gasteiger partial charge in [-0.05, 0) is 40.0 Å². The molecule has 0 saturated carbocycles. The molecule has 0 aromatic heterocycles. The summed E-state index contributed by atoms with van der Waals surface area (Å²) in [7, 11) is 0. The Balaban J connectivity index is 6.17. The molecule has 0 fully saturated rings. The van der Waals surface area contributed by atoms with Crippen LogP contribution < -0.4 is 0 Å². The van der Waals surface area contributed by atoms with Crippen molar-refractivity contribution in [1.82, 2.24) is 0 Å². The topological polar surface area (TPSA) is 105 Å². The lowest BCUT2D eigenvalue weighted by Gasteiger charge is -2.30. The molecule has 0 aliphatic rings. The fourth-order valence-corrected chi connectivity index (χ4v) is 2.83. The highest BCUT2D eigenvalue weighted by Gasteiger charge is 2.48. The third kappa shape index (κ3) is 7.97. The van der Waals surface area contributed by atoms with Gasteiger partial charge in [-0.15, -0.1) is 0 Å². The Labute approximate surface area is 160 Å². The highest BCUT2D eigenvalue weighted by atomic mass is 16.6. The molecule has 156 valence electrons. The molecule has 8 nitrogen and oxygen atoms in total. The second kappa shape index (κ2) is 13.1. The van der Waals surface area contributed by atoms with Crippen molar-refractivity contribution in [2.75, 3.05) is 26.4 Å². The summed E-state index contributed by atoms with van der Waals surface area (Å²) in [5.41, 5.74) is 0. The van der Waals surface area contributed by atoms with Crippen molar-refractivity contribution in [3.05, 3.63) is 0 Å². The lowest BCUT2D eigenvalue weighted by atomic mass is 9.76. The van der Waals surface area contributed by atoms with Gasteiger partial charge in [-0.3, -0.25) is 19.2 Å². The monoisotopic (exact) mass is 388 g/mol. The third-order valence-corrected chi connectivity index (χ3v) is 3.76. The minimum Gasteiger partial charge on any atom is -0.465 e. The van der Waals surface area contributed by atoms with E-state index in [1.54, 1.807) is 27.7 Å². The smallest absolute Gasteiger partial charge is 0.320 e. The van der Waals surface area contributed by atoms with Crippen LogP contribution in [-0.4, -0.2) is 50.3 Å². The van der Waals surface area contributed by atoms with Crippen LogP contribution in [0.1, 0.15) is 48.0 Å². The van der Waals surface area contributed by atoms with Crippen molar-refractivity contribution in [1.29, 1.82) is 0 Å². The van der Waals surface area contributed by atoms with Gasteiger partial charge < -0.3 is 18.9 Å². The molecule has 0 aliphatic heterocycles. The summed E-state index contributed by atoms with van der Waals surface area (Å²) in [6.07, 6.45) is 0.227. The van der Waals surface area contributed by atoms with Gasteiger partial charge in [0.15, 0.2) is 11.8 Å². The van der Waals surface area contributed by atoms with E-state index < -0.39 is 41.6 Å². The van der Waals surface area contributed by atoms with Crippen LogP contribution in [0.5, 0.6) is 0 Å². The van der Waals surface area contributed by atoms with Gasteiger partial charge in [-0.25, -0.2) is 0 Å². The van der Waals surface area contributed by atoms with Gasteiger partial charge in [-0.1, -0.05) is 13.8 Å². The Morgan fingerprint density at radius 1 is 0.593 bits per heavy atom. The molecular weight excluding hydrogens is 356 g/mol. The Morgan fingerprint density at radius 3 is 1.04 bits per heavy atom. The predicted octanol–water partition coefficient (Wildman–Crippen LogP) is 2.13. The first kappa shape index (κ1) is 24.9. The molecule has 0 heterocycles. The summed E-state index contributed by atoms with van der Waals surface area (Å²) in [6, 6.07) is 0. The minimum atomic E-state index is -1.42. The summed E-state index contributed by atoms with van der Waals surface area (Å²) >= 11 is 0. The molecule has 0 saturated heterocycles. The Hall–Kier alpha value is -2.12. The van der Waals surface area contributed by atoms with E-state index in [2.05, 4.69) is 0 Å². The molecule has 0 spiro atoms. The molecule has 0 N–H and O–H groups in total. The van der Waals surface area contributed by atoms with Crippen molar-refractivity contribution in [3.63, 3.8) is 0 Å². The molecule has 0 unspecified atom stereocenters. The number of ether oxygens (including phenoxy) is 4. The molecular formula is C19H32O8. The number of hydrogen-bond acceptors (Lipinski definition) is 8. The number of carbonyl (C=O) groups is 4. The van der Waals surface area contributed by atoms with Gasteiger partial charge >= 0.3 is 23.9 Å². The summed E-state index contributed by atoms with van der Waals surface area (Å²) < 4.78 is 20.1. The van der Waals surface area contributed by atoms with Gasteiger partial charge in [0.05, 0.1) is 26.4 Å². The molecule has 0 aromatic carbocycles. The van der Waals surface area contributed by atoms with Gasteiger partial charge in [0, 0.05) is 5.92 Å². The van der Waals surface area contributed by atoms with Crippen LogP contribution in [0.15, 0.2) is 0 Å². The molecule has 0 rings (SSSR count). The van der Waals surface area contributed by atoms with Gasteiger partial charge in [-0.2, -0.15) is 0 Å². The summed E-state index contributed by atoms with van der Waals surface area (Å²) in [5, 5.41) is 0. The average molecular weight is 388 g/mol. The average Bonchev–Trinajstić information content (AvgIpc) is 2.55. The van der Waals surface area contributed by atoms with E-state index in [0.29, 0.717) is 0 Å². The minimum absolute atomic E-state index is 0.0206. The number of hydrogen-bond donors (Lipinski definition) is 0. The van der Waals surface area contributed by atoms with E-state index in [9.17, 15) is 19.2 Å².